The van der Waals surface area contributed by atoms with Crippen molar-refractivity contribution in [2.75, 3.05) is 6.61 Å². The molecule has 9 nitrogen and oxygen atoms in total. The SMILES string of the molecule is CCCCCCCCCCCCCCCCCC/C=C\CCCCCCCCC(=O)N[C@@H](CC[C@H]1OC(CO)[C@H](O)C(O)[C@@H]1O)[C@H](O)[C@H](O)CCCCCCCCCCCCCC. The van der Waals surface area contributed by atoms with Gasteiger partial charge in [-0.15, -0.1) is 0 Å². The van der Waals surface area contributed by atoms with Crippen LogP contribution >= 0.6 is 0 Å². The normalized spacial score (nSPS) is 20.7. The Hall–Kier alpha value is -1.07. The maximum absolute atomic E-state index is 13.1. The molecule has 1 saturated heterocycles. The van der Waals surface area contributed by atoms with Crippen LogP contribution in [0.25, 0.3) is 0 Å². The Morgan fingerprint density at radius 2 is 0.857 bits per heavy atom. The van der Waals surface area contributed by atoms with E-state index in [1.165, 1.54) is 180 Å². The predicted octanol–water partition coefficient (Wildman–Crippen LogP) is 12.2. The molecule has 0 radical (unpaired) electrons. The highest BCUT2D eigenvalue weighted by Gasteiger charge is 2.43. The number of hydrogen-bond acceptors (Lipinski definition) is 8. The van der Waals surface area contributed by atoms with Gasteiger partial charge in [-0.25, -0.2) is 0 Å². The van der Waals surface area contributed by atoms with Crippen molar-refractivity contribution >= 4 is 5.91 Å². The van der Waals surface area contributed by atoms with Gasteiger partial charge in [0.05, 0.1) is 31.0 Å². The van der Waals surface area contributed by atoms with Crippen LogP contribution in [-0.2, 0) is 9.53 Å². The number of rotatable bonds is 46. The first-order valence-electron chi connectivity index (χ1n) is 27.4. The number of carbonyl (C=O) groups is 1. The van der Waals surface area contributed by atoms with Crippen LogP contribution in [0.1, 0.15) is 271 Å². The minimum Gasteiger partial charge on any atom is -0.394 e. The number of amides is 1. The van der Waals surface area contributed by atoms with E-state index in [0.717, 1.165) is 51.4 Å². The number of nitrogens with one attached hydrogen (secondary N) is 1. The van der Waals surface area contributed by atoms with Gasteiger partial charge in [0.1, 0.15) is 24.4 Å². The fraction of sp³-hybridized carbons (Fsp3) is 0.944. The van der Waals surface area contributed by atoms with Crippen LogP contribution in [0.15, 0.2) is 12.2 Å². The summed E-state index contributed by atoms with van der Waals surface area (Å²) in [6.45, 7) is 4.02. The molecular weight excluding hydrogens is 791 g/mol. The van der Waals surface area contributed by atoms with Gasteiger partial charge in [-0.1, -0.05) is 225 Å². The molecule has 9 heteroatoms. The molecule has 0 aromatic rings. The zero-order chi connectivity index (χ0) is 46.0. The summed E-state index contributed by atoms with van der Waals surface area (Å²) in [6, 6.07) is -0.769. The van der Waals surface area contributed by atoms with E-state index in [2.05, 4.69) is 31.3 Å². The minimum atomic E-state index is -1.48. The molecule has 2 unspecified atom stereocenters. The van der Waals surface area contributed by atoms with Gasteiger partial charge in [0.15, 0.2) is 0 Å². The van der Waals surface area contributed by atoms with E-state index in [9.17, 15) is 35.4 Å². The third kappa shape index (κ3) is 33.1. The van der Waals surface area contributed by atoms with Gasteiger partial charge in [-0.3, -0.25) is 4.79 Å². The van der Waals surface area contributed by atoms with Gasteiger partial charge in [-0.05, 0) is 51.4 Å². The second-order valence-corrected chi connectivity index (χ2v) is 19.6. The lowest BCUT2D eigenvalue weighted by Crippen LogP contribution is -2.59. The Labute approximate surface area is 388 Å². The van der Waals surface area contributed by atoms with E-state index in [0.29, 0.717) is 12.8 Å². The van der Waals surface area contributed by atoms with Crippen molar-refractivity contribution in [3.8, 4) is 0 Å². The molecule has 0 saturated carbocycles. The van der Waals surface area contributed by atoms with Crippen LogP contribution < -0.4 is 5.32 Å². The first-order valence-corrected chi connectivity index (χ1v) is 27.4. The number of ether oxygens (including phenoxy) is 1. The number of aliphatic hydroxyl groups is 6. The van der Waals surface area contributed by atoms with Gasteiger partial charge in [-0.2, -0.15) is 0 Å². The maximum atomic E-state index is 13.1. The number of aliphatic hydroxyl groups excluding tert-OH is 6. The van der Waals surface area contributed by atoms with Crippen molar-refractivity contribution in [2.24, 2.45) is 0 Å². The zero-order valence-corrected chi connectivity index (χ0v) is 41.3. The minimum absolute atomic E-state index is 0.156. The van der Waals surface area contributed by atoms with E-state index >= 15 is 0 Å². The van der Waals surface area contributed by atoms with Crippen LogP contribution in [0, 0.1) is 0 Å². The van der Waals surface area contributed by atoms with Crippen LogP contribution in [0.3, 0.4) is 0 Å². The van der Waals surface area contributed by atoms with E-state index in [1.54, 1.807) is 0 Å². The van der Waals surface area contributed by atoms with Crippen LogP contribution in [0.4, 0.5) is 0 Å². The highest BCUT2D eigenvalue weighted by atomic mass is 16.5. The molecule has 374 valence electrons. The maximum Gasteiger partial charge on any atom is 0.220 e. The number of carbonyl (C=O) groups excluding carboxylic acids is 1. The fourth-order valence-electron chi connectivity index (χ4n) is 9.30. The number of unbranched alkanes of at least 4 members (excludes halogenated alkanes) is 33. The monoisotopic (exact) mass is 896 g/mol. The first-order chi connectivity index (χ1) is 30.8. The molecule has 1 heterocycles. The van der Waals surface area contributed by atoms with Crippen molar-refractivity contribution in [3.63, 3.8) is 0 Å². The van der Waals surface area contributed by atoms with Gasteiger partial charge in [0, 0.05) is 6.42 Å². The molecule has 8 atom stereocenters. The van der Waals surface area contributed by atoms with Crippen molar-refractivity contribution in [3.05, 3.63) is 12.2 Å². The third-order valence-corrected chi connectivity index (χ3v) is 13.7. The standard InChI is InChI=1S/C54H105NO8/c1-3-5-7-9-11-13-15-17-18-19-20-21-22-23-24-25-26-27-28-29-30-32-34-36-38-40-42-50(58)55-46(43-44-48-52(60)54(62)53(61)49(45-56)63-48)51(59)47(57)41-39-37-35-33-31-16-14-12-10-8-6-4-2/h27-28,46-49,51-54,56-57,59-62H,3-26,29-45H2,1-2H3,(H,55,58)/b28-27-/t46-,47+,48+,49?,51-,52+,53-,54?/m0/s1. The van der Waals surface area contributed by atoms with E-state index in [-0.39, 0.29) is 18.7 Å². The molecule has 0 aromatic heterocycles. The highest BCUT2D eigenvalue weighted by Crippen LogP contribution is 2.26. The third-order valence-electron chi connectivity index (χ3n) is 13.7. The summed E-state index contributed by atoms with van der Waals surface area (Å²) >= 11 is 0. The Kier molecular flexibility index (Phi) is 41.4. The summed E-state index contributed by atoms with van der Waals surface area (Å²) < 4.78 is 5.69. The number of allylic oxidation sites excluding steroid dienone is 2. The Bertz CT molecular complexity index is 1010. The van der Waals surface area contributed by atoms with Crippen molar-refractivity contribution < 1.29 is 40.2 Å². The Morgan fingerprint density at radius 1 is 0.492 bits per heavy atom. The van der Waals surface area contributed by atoms with Crippen molar-refractivity contribution in [1.82, 2.24) is 5.32 Å². The van der Waals surface area contributed by atoms with Crippen LogP contribution in [-0.4, -0.2) is 91.9 Å². The summed E-state index contributed by atoms with van der Waals surface area (Å²) in [5.74, 6) is -0.181. The molecule has 0 aromatic carbocycles. The molecule has 1 amide bonds. The fourth-order valence-corrected chi connectivity index (χ4v) is 9.30. The van der Waals surface area contributed by atoms with Crippen molar-refractivity contribution in [2.45, 2.75) is 319 Å². The lowest BCUT2D eigenvalue weighted by molar-refractivity contribution is -0.231. The Balaban J connectivity index is 2.24. The first kappa shape index (κ1) is 59.9. The lowest BCUT2D eigenvalue weighted by atomic mass is 9.90. The summed E-state index contributed by atoms with van der Waals surface area (Å²) in [5, 5.41) is 65.9. The molecule has 1 aliphatic rings. The molecule has 0 spiro atoms. The van der Waals surface area contributed by atoms with E-state index in [1.807, 2.05) is 0 Å². The summed E-state index contributed by atoms with van der Waals surface area (Å²) in [4.78, 5) is 13.1. The zero-order valence-electron chi connectivity index (χ0n) is 41.3. The quantitative estimate of drug-likeness (QED) is 0.0235. The topological polar surface area (TPSA) is 160 Å². The molecular formula is C54H105NO8. The Morgan fingerprint density at radius 3 is 1.27 bits per heavy atom. The van der Waals surface area contributed by atoms with Gasteiger partial charge >= 0.3 is 0 Å². The van der Waals surface area contributed by atoms with Gasteiger partial charge < -0.3 is 40.7 Å². The lowest BCUT2D eigenvalue weighted by Gasteiger charge is -2.40. The average Bonchev–Trinajstić information content (AvgIpc) is 3.28. The summed E-state index contributed by atoms with van der Waals surface area (Å²) in [5.41, 5.74) is 0. The molecule has 1 aliphatic heterocycles. The van der Waals surface area contributed by atoms with Gasteiger partial charge in [0.25, 0.3) is 0 Å². The summed E-state index contributed by atoms with van der Waals surface area (Å²) in [6.07, 6.45) is 43.1. The van der Waals surface area contributed by atoms with E-state index < -0.39 is 55.4 Å². The second kappa shape index (κ2) is 43.5. The van der Waals surface area contributed by atoms with E-state index in [4.69, 9.17) is 4.74 Å². The molecule has 63 heavy (non-hydrogen) atoms. The predicted molar refractivity (Wildman–Crippen MR) is 263 cm³/mol. The molecule has 1 fully saturated rings. The van der Waals surface area contributed by atoms with Crippen LogP contribution in [0.5, 0.6) is 0 Å². The van der Waals surface area contributed by atoms with Crippen molar-refractivity contribution in [1.29, 1.82) is 0 Å². The molecule has 7 N–H and O–H groups in total. The number of hydrogen-bond donors (Lipinski definition) is 7. The largest absolute Gasteiger partial charge is 0.394 e. The smallest absolute Gasteiger partial charge is 0.220 e. The van der Waals surface area contributed by atoms with Gasteiger partial charge in [0.2, 0.25) is 5.91 Å². The summed E-state index contributed by atoms with van der Waals surface area (Å²) in [7, 11) is 0. The average molecular weight is 896 g/mol. The second-order valence-electron chi connectivity index (χ2n) is 19.6. The molecule has 0 aliphatic carbocycles. The van der Waals surface area contributed by atoms with Crippen LogP contribution in [0.2, 0.25) is 0 Å². The molecule has 0 bridgehead atoms. The molecule has 1 rings (SSSR count). The highest BCUT2D eigenvalue weighted by molar-refractivity contribution is 5.76.